The SMILES string of the molecule is COC[C@@H](COc1cc(=O)c(C)c2n1CCc1cc(N3CC(n4cccn4)C3)ccc1-2)OC. The second-order valence-corrected chi connectivity index (χ2v) is 8.73. The first kappa shape index (κ1) is 21.7. The number of rotatable bonds is 8. The maximum absolute atomic E-state index is 12.8. The normalized spacial score (nSPS) is 16.2. The fraction of sp³-hybridized carbons (Fsp3) is 0.440. The Bertz CT molecular complexity index is 1180. The number of aromatic nitrogens is 3. The molecule has 2 aliphatic rings. The first-order chi connectivity index (χ1) is 16.1. The number of hydrogen-bond donors (Lipinski definition) is 0. The molecule has 3 aromatic rings. The van der Waals surface area contributed by atoms with E-state index in [4.69, 9.17) is 14.2 Å². The molecule has 5 rings (SSSR count). The highest BCUT2D eigenvalue weighted by Gasteiger charge is 2.30. The van der Waals surface area contributed by atoms with Crippen LogP contribution in [0, 0.1) is 6.92 Å². The molecule has 0 aliphatic carbocycles. The molecular formula is C25H30N4O4. The summed E-state index contributed by atoms with van der Waals surface area (Å²) in [5, 5.41) is 4.36. The van der Waals surface area contributed by atoms with E-state index in [1.807, 2.05) is 30.1 Å². The molecule has 1 atom stereocenters. The van der Waals surface area contributed by atoms with Crippen LogP contribution in [0.25, 0.3) is 11.3 Å². The van der Waals surface area contributed by atoms with Crippen molar-refractivity contribution in [2.24, 2.45) is 0 Å². The van der Waals surface area contributed by atoms with Gasteiger partial charge in [0.05, 0.1) is 18.3 Å². The fourth-order valence-corrected chi connectivity index (χ4v) is 4.74. The van der Waals surface area contributed by atoms with Crippen molar-refractivity contribution in [1.82, 2.24) is 14.3 Å². The highest BCUT2D eigenvalue weighted by Crippen LogP contribution is 2.37. The van der Waals surface area contributed by atoms with Crippen LogP contribution < -0.4 is 15.1 Å². The third kappa shape index (κ3) is 4.05. The van der Waals surface area contributed by atoms with E-state index < -0.39 is 0 Å². The molecule has 0 unspecified atom stereocenters. The minimum atomic E-state index is -0.191. The predicted molar refractivity (Wildman–Crippen MR) is 126 cm³/mol. The van der Waals surface area contributed by atoms with Gasteiger partial charge in [0.2, 0.25) is 0 Å². The van der Waals surface area contributed by atoms with Crippen molar-refractivity contribution in [3.63, 3.8) is 0 Å². The maximum atomic E-state index is 12.8. The van der Waals surface area contributed by atoms with Crippen molar-refractivity contribution >= 4 is 5.69 Å². The van der Waals surface area contributed by atoms with E-state index in [1.54, 1.807) is 20.3 Å². The Labute approximate surface area is 193 Å². The minimum Gasteiger partial charge on any atom is -0.476 e. The quantitative estimate of drug-likeness (QED) is 0.526. The van der Waals surface area contributed by atoms with E-state index in [2.05, 4.69) is 32.8 Å². The van der Waals surface area contributed by atoms with E-state index in [0.717, 1.165) is 42.9 Å². The van der Waals surface area contributed by atoms with Gasteiger partial charge in [-0.15, -0.1) is 0 Å². The van der Waals surface area contributed by atoms with Crippen molar-refractivity contribution in [2.45, 2.75) is 32.0 Å². The van der Waals surface area contributed by atoms with E-state index in [0.29, 0.717) is 25.1 Å². The molecule has 8 nitrogen and oxygen atoms in total. The number of pyridine rings is 1. The summed E-state index contributed by atoms with van der Waals surface area (Å²) >= 11 is 0. The molecule has 174 valence electrons. The minimum absolute atomic E-state index is 0.0151. The van der Waals surface area contributed by atoms with Gasteiger partial charge in [0.1, 0.15) is 12.7 Å². The van der Waals surface area contributed by atoms with Crippen LogP contribution in [0.5, 0.6) is 5.88 Å². The van der Waals surface area contributed by atoms with Gasteiger partial charge in [0.15, 0.2) is 11.3 Å². The molecule has 0 bridgehead atoms. The van der Waals surface area contributed by atoms with Gasteiger partial charge in [-0.25, -0.2) is 0 Å². The molecule has 8 heteroatoms. The lowest BCUT2D eigenvalue weighted by Crippen LogP contribution is -2.48. The number of hydrogen-bond acceptors (Lipinski definition) is 6. The van der Waals surface area contributed by atoms with Gasteiger partial charge in [-0.3, -0.25) is 9.48 Å². The standard InChI is InChI=1S/C25H30N4O4/c1-17-23(30)12-24(33-16-21(32-3)15-31-2)28-10-7-18-11-19(5-6-22(18)25(17)28)27-13-20(14-27)29-9-4-8-26-29/h4-6,8-9,11-12,20-21H,7,10,13-16H2,1-3H3/t21-/m0/s1. The van der Waals surface area contributed by atoms with Crippen molar-refractivity contribution in [2.75, 3.05) is 45.4 Å². The van der Waals surface area contributed by atoms with Crippen molar-refractivity contribution in [3.8, 4) is 17.1 Å². The topological polar surface area (TPSA) is 70.8 Å². The molecule has 0 radical (unpaired) electrons. The van der Waals surface area contributed by atoms with Gasteiger partial charge >= 0.3 is 0 Å². The maximum Gasteiger partial charge on any atom is 0.197 e. The Hall–Kier alpha value is -3.10. The number of aryl methyl sites for hydroxylation is 1. The van der Waals surface area contributed by atoms with Crippen LogP contribution in [0.3, 0.4) is 0 Å². The Kier molecular flexibility index (Phi) is 5.95. The second kappa shape index (κ2) is 9.03. The summed E-state index contributed by atoms with van der Waals surface area (Å²) < 4.78 is 20.8. The first-order valence-corrected chi connectivity index (χ1v) is 11.4. The van der Waals surface area contributed by atoms with Crippen LogP contribution in [-0.4, -0.2) is 61.0 Å². The zero-order chi connectivity index (χ0) is 22.9. The number of methoxy groups -OCH3 is 2. The molecule has 1 saturated heterocycles. The lowest BCUT2D eigenvalue weighted by molar-refractivity contribution is -0.000948. The van der Waals surface area contributed by atoms with Gasteiger partial charge in [-0.05, 0) is 37.1 Å². The third-order valence-electron chi connectivity index (χ3n) is 6.69. The van der Waals surface area contributed by atoms with Gasteiger partial charge in [-0.2, -0.15) is 5.10 Å². The average Bonchev–Trinajstić information content (AvgIpc) is 3.32. The summed E-state index contributed by atoms with van der Waals surface area (Å²) in [6.07, 6.45) is 4.55. The molecule has 0 saturated carbocycles. The smallest absolute Gasteiger partial charge is 0.197 e. The summed E-state index contributed by atoms with van der Waals surface area (Å²) in [5.74, 6) is 0.582. The van der Waals surface area contributed by atoms with Crippen LogP contribution in [0.1, 0.15) is 17.2 Å². The number of nitrogens with zero attached hydrogens (tertiary/aromatic N) is 4. The monoisotopic (exact) mass is 450 g/mol. The van der Waals surface area contributed by atoms with Gasteiger partial charge < -0.3 is 23.7 Å². The molecule has 0 N–H and O–H groups in total. The van der Waals surface area contributed by atoms with Crippen molar-refractivity contribution in [1.29, 1.82) is 0 Å². The lowest BCUT2D eigenvalue weighted by Gasteiger charge is -2.41. The first-order valence-electron chi connectivity index (χ1n) is 11.4. The molecule has 2 aromatic heterocycles. The largest absolute Gasteiger partial charge is 0.476 e. The zero-order valence-corrected chi connectivity index (χ0v) is 19.4. The highest BCUT2D eigenvalue weighted by atomic mass is 16.6. The molecule has 4 heterocycles. The molecule has 1 fully saturated rings. The van der Waals surface area contributed by atoms with Crippen molar-refractivity contribution < 1.29 is 14.2 Å². The average molecular weight is 451 g/mol. The summed E-state index contributed by atoms with van der Waals surface area (Å²) in [7, 11) is 3.26. The molecular weight excluding hydrogens is 420 g/mol. The van der Waals surface area contributed by atoms with Crippen LogP contribution >= 0.6 is 0 Å². The Morgan fingerprint density at radius 3 is 2.76 bits per heavy atom. The highest BCUT2D eigenvalue weighted by molar-refractivity contribution is 5.73. The Balaban J connectivity index is 1.40. The van der Waals surface area contributed by atoms with Crippen molar-refractivity contribution in [3.05, 3.63) is 64.1 Å². The van der Waals surface area contributed by atoms with Gasteiger partial charge in [0.25, 0.3) is 0 Å². The number of anilines is 1. The van der Waals surface area contributed by atoms with Gasteiger partial charge in [0, 0.05) is 69.1 Å². The molecule has 33 heavy (non-hydrogen) atoms. The second-order valence-electron chi connectivity index (χ2n) is 8.73. The molecule has 2 aliphatic heterocycles. The molecule has 1 aromatic carbocycles. The van der Waals surface area contributed by atoms with Crippen LogP contribution in [-0.2, 0) is 22.4 Å². The summed E-state index contributed by atoms with van der Waals surface area (Å²) in [5.41, 5.74) is 5.28. The van der Waals surface area contributed by atoms with Crippen LogP contribution in [0.15, 0.2) is 47.5 Å². The Morgan fingerprint density at radius 1 is 1.18 bits per heavy atom. The van der Waals surface area contributed by atoms with Crippen LogP contribution in [0.4, 0.5) is 5.69 Å². The van der Waals surface area contributed by atoms with Gasteiger partial charge in [-0.1, -0.05) is 6.07 Å². The number of ether oxygens (including phenoxy) is 3. The lowest BCUT2D eigenvalue weighted by atomic mass is 9.93. The Morgan fingerprint density at radius 2 is 2.03 bits per heavy atom. The molecule has 0 spiro atoms. The number of fused-ring (bicyclic) bond motifs is 3. The predicted octanol–water partition coefficient (Wildman–Crippen LogP) is 2.68. The van der Waals surface area contributed by atoms with E-state index in [1.165, 1.54) is 11.3 Å². The molecule has 0 amide bonds. The number of benzene rings is 1. The van der Waals surface area contributed by atoms with E-state index in [9.17, 15) is 4.79 Å². The zero-order valence-electron chi connectivity index (χ0n) is 19.4. The fourth-order valence-electron chi connectivity index (χ4n) is 4.74. The summed E-state index contributed by atoms with van der Waals surface area (Å²) in [4.78, 5) is 15.2. The summed E-state index contributed by atoms with van der Waals surface area (Å²) in [6, 6.07) is 10.6. The van der Waals surface area contributed by atoms with E-state index >= 15 is 0 Å². The summed E-state index contributed by atoms with van der Waals surface area (Å²) in [6.45, 7) is 5.33. The third-order valence-corrected chi connectivity index (χ3v) is 6.69. The van der Waals surface area contributed by atoms with Crippen LogP contribution in [0.2, 0.25) is 0 Å². The van der Waals surface area contributed by atoms with E-state index in [-0.39, 0.29) is 11.5 Å².